The first kappa shape index (κ1) is 22.0. The lowest BCUT2D eigenvalue weighted by atomic mass is 9.91. The largest absolute Gasteiger partial charge is 0.357 e. The molecule has 2 heterocycles. The molecule has 0 aromatic carbocycles. The Bertz CT molecular complexity index is 485. The van der Waals surface area contributed by atoms with Crippen LogP contribution in [-0.4, -0.2) is 85.0 Å². The quantitative estimate of drug-likeness (QED) is 0.437. The van der Waals surface area contributed by atoms with Gasteiger partial charge in [0.2, 0.25) is 5.91 Å². The molecule has 0 aromatic rings. The number of piperazine rings is 1. The fourth-order valence-electron chi connectivity index (χ4n) is 3.90. The van der Waals surface area contributed by atoms with Gasteiger partial charge in [0.05, 0.1) is 6.04 Å². The second kappa shape index (κ2) is 10.3. The number of hydrogen-bond donors (Lipinski definition) is 1. The van der Waals surface area contributed by atoms with Crippen molar-refractivity contribution >= 4 is 11.9 Å². The van der Waals surface area contributed by atoms with Crippen molar-refractivity contribution in [3.8, 4) is 0 Å². The van der Waals surface area contributed by atoms with E-state index in [1.165, 1.54) is 6.42 Å². The molecule has 0 bridgehead atoms. The van der Waals surface area contributed by atoms with E-state index in [4.69, 9.17) is 4.99 Å². The minimum absolute atomic E-state index is 0.00319. The predicted molar refractivity (Wildman–Crippen MR) is 113 cm³/mol. The normalized spacial score (nSPS) is 20.9. The lowest BCUT2D eigenvalue weighted by Gasteiger charge is -2.39. The van der Waals surface area contributed by atoms with Crippen LogP contribution in [0.2, 0.25) is 0 Å². The van der Waals surface area contributed by atoms with Crippen LogP contribution in [-0.2, 0) is 4.79 Å². The van der Waals surface area contributed by atoms with Crippen LogP contribution in [0.3, 0.4) is 0 Å². The van der Waals surface area contributed by atoms with Gasteiger partial charge in [-0.2, -0.15) is 0 Å². The van der Waals surface area contributed by atoms with Crippen molar-refractivity contribution in [1.82, 2.24) is 20.0 Å². The lowest BCUT2D eigenvalue weighted by Crippen LogP contribution is -2.57. The second-order valence-electron chi connectivity index (χ2n) is 9.13. The van der Waals surface area contributed by atoms with Gasteiger partial charge in [-0.3, -0.25) is 14.7 Å². The first-order chi connectivity index (χ1) is 12.8. The number of amides is 1. The molecule has 2 rings (SSSR count). The van der Waals surface area contributed by atoms with E-state index in [9.17, 15) is 4.79 Å². The van der Waals surface area contributed by atoms with E-state index in [1.54, 1.807) is 0 Å². The summed E-state index contributed by atoms with van der Waals surface area (Å²) < 4.78 is 0. The molecular formula is C21H41N5O. The summed E-state index contributed by atoms with van der Waals surface area (Å²) in [6, 6.07) is -0.00319. The Hall–Kier alpha value is -1.30. The Morgan fingerprint density at radius 1 is 1.04 bits per heavy atom. The second-order valence-corrected chi connectivity index (χ2v) is 9.13. The molecule has 0 saturated carbocycles. The number of carbonyl (C=O) groups excluding carboxylic acids is 1. The van der Waals surface area contributed by atoms with Crippen LogP contribution in [0, 0.1) is 5.41 Å². The average molecular weight is 380 g/mol. The van der Waals surface area contributed by atoms with E-state index in [-0.39, 0.29) is 6.04 Å². The number of likely N-dealkylation sites (tertiary alicyclic amines) is 1. The highest BCUT2D eigenvalue weighted by molar-refractivity contribution is 5.82. The van der Waals surface area contributed by atoms with Gasteiger partial charge in [-0.1, -0.05) is 20.8 Å². The highest BCUT2D eigenvalue weighted by Crippen LogP contribution is 2.20. The summed E-state index contributed by atoms with van der Waals surface area (Å²) in [5, 5.41) is 3.44. The van der Waals surface area contributed by atoms with Gasteiger partial charge in [-0.05, 0) is 44.9 Å². The smallest absolute Gasteiger partial charge is 0.239 e. The van der Waals surface area contributed by atoms with Gasteiger partial charge in [0.25, 0.3) is 0 Å². The standard InChI is InChI=1S/C21H41N5O/c1-6-22-20(23-11-9-10-21(3,4)5)26-16-14-24(15-17-26)18(2)19(27)25-12-7-8-13-25/h18H,6-17H2,1-5H3,(H,22,23). The topological polar surface area (TPSA) is 51.2 Å². The number of hydrogen-bond acceptors (Lipinski definition) is 3. The Morgan fingerprint density at radius 2 is 1.67 bits per heavy atom. The van der Waals surface area contributed by atoms with E-state index < -0.39 is 0 Å². The Balaban J connectivity index is 1.82. The van der Waals surface area contributed by atoms with E-state index in [0.717, 1.165) is 77.6 Å². The van der Waals surface area contributed by atoms with Crippen LogP contribution in [0.4, 0.5) is 0 Å². The molecule has 2 fully saturated rings. The van der Waals surface area contributed by atoms with Gasteiger partial charge in [-0.15, -0.1) is 0 Å². The van der Waals surface area contributed by atoms with Crippen molar-refractivity contribution < 1.29 is 4.79 Å². The number of guanidine groups is 1. The van der Waals surface area contributed by atoms with E-state index in [0.29, 0.717) is 11.3 Å². The molecule has 1 N–H and O–H groups in total. The average Bonchev–Trinajstić information content (AvgIpc) is 3.17. The molecule has 0 aromatic heterocycles. The summed E-state index contributed by atoms with van der Waals surface area (Å²) in [6.45, 7) is 18.4. The van der Waals surface area contributed by atoms with Gasteiger partial charge in [0.1, 0.15) is 0 Å². The summed E-state index contributed by atoms with van der Waals surface area (Å²) in [6.07, 6.45) is 4.63. The van der Waals surface area contributed by atoms with Crippen LogP contribution in [0.15, 0.2) is 4.99 Å². The number of nitrogens with zero attached hydrogens (tertiary/aromatic N) is 4. The summed E-state index contributed by atoms with van der Waals surface area (Å²) in [4.78, 5) is 24.2. The molecule has 0 aliphatic carbocycles. The third-order valence-electron chi connectivity index (χ3n) is 5.62. The van der Waals surface area contributed by atoms with Crippen molar-refractivity contribution in [2.24, 2.45) is 10.4 Å². The van der Waals surface area contributed by atoms with Gasteiger partial charge in [-0.25, -0.2) is 0 Å². The fraction of sp³-hybridized carbons (Fsp3) is 0.905. The maximum Gasteiger partial charge on any atom is 0.239 e. The predicted octanol–water partition coefficient (Wildman–Crippen LogP) is 2.41. The monoisotopic (exact) mass is 379 g/mol. The third-order valence-corrected chi connectivity index (χ3v) is 5.62. The molecule has 1 atom stereocenters. The zero-order valence-electron chi connectivity index (χ0n) is 18.3. The molecule has 1 amide bonds. The highest BCUT2D eigenvalue weighted by Gasteiger charge is 2.30. The van der Waals surface area contributed by atoms with Crippen LogP contribution in [0.25, 0.3) is 0 Å². The molecule has 6 nitrogen and oxygen atoms in total. The zero-order valence-corrected chi connectivity index (χ0v) is 18.3. The van der Waals surface area contributed by atoms with Crippen LogP contribution < -0.4 is 5.32 Å². The van der Waals surface area contributed by atoms with Gasteiger partial charge >= 0.3 is 0 Å². The summed E-state index contributed by atoms with van der Waals surface area (Å²) >= 11 is 0. The molecule has 1 unspecified atom stereocenters. The molecule has 6 heteroatoms. The molecule has 0 spiro atoms. The summed E-state index contributed by atoms with van der Waals surface area (Å²) in [5.41, 5.74) is 0.373. The number of rotatable bonds is 6. The van der Waals surface area contributed by atoms with Crippen molar-refractivity contribution in [1.29, 1.82) is 0 Å². The third kappa shape index (κ3) is 6.98. The van der Waals surface area contributed by atoms with Crippen LogP contribution in [0.5, 0.6) is 0 Å². The number of carbonyl (C=O) groups is 1. The first-order valence-electron chi connectivity index (χ1n) is 10.9. The van der Waals surface area contributed by atoms with Crippen molar-refractivity contribution in [3.05, 3.63) is 0 Å². The van der Waals surface area contributed by atoms with Gasteiger partial charge < -0.3 is 15.1 Å². The molecule has 27 heavy (non-hydrogen) atoms. The fourth-order valence-corrected chi connectivity index (χ4v) is 3.90. The first-order valence-corrected chi connectivity index (χ1v) is 10.9. The minimum Gasteiger partial charge on any atom is -0.357 e. The Kier molecular flexibility index (Phi) is 8.39. The molecule has 2 aliphatic heterocycles. The van der Waals surface area contributed by atoms with E-state index in [1.807, 2.05) is 4.90 Å². The maximum absolute atomic E-state index is 12.7. The number of aliphatic imine (C=N–C) groups is 1. The zero-order chi connectivity index (χ0) is 19.9. The minimum atomic E-state index is -0.00319. The lowest BCUT2D eigenvalue weighted by molar-refractivity contribution is -0.135. The molecule has 0 radical (unpaired) electrons. The van der Waals surface area contributed by atoms with Crippen molar-refractivity contribution in [2.45, 2.75) is 66.3 Å². The molecule has 156 valence electrons. The highest BCUT2D eigenvalue weighted by atomic mass is 16.2. The van der Waals surface area contributed by atoms with Gasteiger partial charge in [0, 0.05) is 52.4 Å². The molecule has 2 aliphatic rings. The Labute approximate surface area is 166 Å². The molecule has 2 saturated heterocycles. The van der Waals surface area contributed by atoms with Crippen molar-refractivity contribution in [2.75, 3.05) is 52.4 Å². The van der Waals surface area contributed by atoms with Crippen molar-refractivity contribution in [3.63, 3.8) is 0 Å². The number of nitrogens with one attached hydrogen (secondary N) is 1. The molecular weight excluding hydrogens is 338 g/mol. The SMILES string of the molecule is CCNC(=NCCCC(C)(C)C)N1CCN(C(C)C(=O)N2CCCC2)CC1. The maximum atomic E-state index is 12.7. The Morgan fingerprint density at radius 3 is 2.22 bits per heavy atom. The van der Waals surface area contributed by atoms with E-state index >= 15 is 0 Å². The van der Waals surface area contributed by atoms with Crippen LogP contribution >= 0.6 is 0 Å². The van der Waals surface area contributed by atoms with E-state index in [2.05, 4.69) is 49.7 Å². The van der Waals surface area contributed by atoms with Gasteiger partial charge in [0.15, 0.2) is 5.96 Å². The summed E-state index contributed by atoms with van der Waals surface area (Å²) in [5.74, 6) is 1.34. The summed E-state index contributed by atoms with van der Waals surface area (Å²) in [7, 11) is 0. The van der Waals surface area contributed by atoms with Crippen LogP contribution in [0.1, 0.15) is 60.3 Å².